The molecule has 31 heavy (non-hydrogen) atoms. The number of amides is 1. The molecule has 0 fully saturated rings. The maximum Gasteiger partial charge on any atom is 0.306 e. The summed E-state index contributed by atoms with van der Waals surface area (Å²) in [5, 5.41) is 3.56. The van der Waals surface area contributed by atoms with E-state index in [1.165, 1.54) is 19.1 Å². The van der Waals surface area contributed by atoms with Gasteiger partial charge in [-0.1, -0.05) is 12.1 Å². The molecule has 1 aliphatic rings. The van der Waals surface area contributed by atoms with Gasteiger partial charge in [0.15, 0.2) is 23.9 Å². The zero-order valence-corrected chi connectivity index (χ0v) is 17.6. The lowest BCUT2D eigenvalue weighted by Gasteiger charge is -2.11. The second-order valence-electron chi connectivity index (χ2n) is 6.94. The number of Topliss-reactive ketones (excluding diaryl/α,β-unsaturated/α-hetero) is 1. The van der Waals surface area contributed by atoms with Crippen LogP contribution in [0.1, 0.15) is 35.1 Å². The second-order valence-corrected chi connectivity index (χ2v) is 8.06. The van der Waals surface area contributed by atoms with E-state index < -0.39 is 18.5 Å². The molecule has 160 valence electrons. The molecule has 0 saturated carbocycles. The lowest BCUT2D eigenvalue weighted by Crippen LogP contribution is -2.22. The van der Waals surface area contributed by atoms with Gasteiger partial charge in [-0.25, -0.2) is 4.98 Å². The van der Waals surface area contributed by atoms with Crippen LogP contribution in [-0.4, -0.2) is 36.0 Å². The first-order valence-corrected chi connectivity index (χ1v) is 10.6. The molecule has 0 spiro atoms. The maximum absolute atomic E-state index is 12.2. The number of carbonyl (C=O) groups is 3. The van der Waals surface area contributed by atoms with Crippen molar-refractivity contribution in [3.8, 4) is 11.5 Å². The maximum atomic E-state index is 12.2. The predicted molar refractivity (Wildman–Crippen MR) is 115 cm³/mol. The third-order valence-electron chi connectivity index (χ3n) is 4.64. The van der Waals surface area contributed by atoms with Crippen LogP contribution in [0.4, 0.5) is 5.69 Å². The van der Waals surface area contributed by atoms with Crippen molar-refractivity contribution in [2.75, 3.05) is 18.7 Å². The van der Waals surface area contributed by atoms with Gasteiger partial charge >= 0.3 is 5.97 Å². The van der Waals surface area contributed by atoms with E-state index in [2.05, 4.69) is 10.3 Å². The van der Waals surface area contributed by atoms with Crippen molar-refractivity contribution in [3.63, 3.8) is 0 Å². The molecule has 1 N–H and O–H groups in total. The van der Waals surface area contributed by atoms with E-state index in [1.54, 1.807) is 11.3 Å². The van der Waals surface area contributed by atoms with Gasteiger partial charge in [0.1, 0.15) is 0 Å². The molecule has 0 atom stereocenters. The van der Waals surface area contributed by atoms with Crippen molar-refractivity contribution in [1.82, 2.24) is 4.98 Å². The number of esters is 1. The number of ether oxygens (including phenoxy) is 3. The molecule has 0 bridgehead atoms. The molecule has 9 heteroatoms. The minimum atomic E-state index is -0.541. The molecule has 4 rings (SSSR count). The fourth-order valence-corrected chi connectivity index (χ4v) is 4.16. The average molecular weight is 440 g/mol. The van der Waals surface area contributed by atoms with Gasteiger partial charge in [0, 0.05) is 18.1 Å². The summed E-state index contributed by atoms with van der Waals surface area (Å²) in [7, 11) is 0. The van der Waals surface area contributed by atoms with E-state index in [0.717, 1.165) is 15.2 Å². The van der Waals surface area contributed by atoms with E-state index in [-0.39, 0.29) is 24.7 Å². The third-order valence-corrected chi connectivity index (χ3v) is 5.74. The highest BCUT2D eigenvalue weighted by atomic mass is 32.1. The van der Waals surface area contributed by atoms with E-state index >= 15 is 0 Å². The number of hydrogen-bond acceptors (Lipinski definition) is 8. The fourth-order valence-electron chi connectivity index (χ4n) is 3.15. The number of nitrogens with zero attached hydrogens (tertiary/aromatic N) is 1. The number of carbonyl (C=O) groups excluding carboxylic acids is 3. The van der Waals surface area contributed by atoms with Gasteiger partial charge in [-0.3, -0.25) is 14.4 Å². The summed E-state index contributed by atoms with van der Waals surface area (Å²) in [6.07, 6.45) is 1.43. The Morgan fingerprint density at radius 3 is 2.71 bits per heavy atom. The van der Waals surface area contributed by atoms with Gasteiger partial charge in [0.2, 0.25) is 6.79 Å². The standard InChI is InChI=1S/C22H20N2O6S/c1-13(25)14-9-17-18(30-12-29-17)10-16(14)23-20(26)11-28-22(27)8-4-7-21-24-15-5-2-3-6-19(15)31-21/h2-3,5-6,9-10H,4,7-8,11-12H2,1H3,(H,23,26). The Kier molecular flexibility index (Phi) is 6.13. The molecule has 0 aliphatic carbocycles. The van der Waals surface area contributed by atoms with Crippen LogP contribution < -0.4 is 14.8 Å². The quantitative estimate of drug-likeness (QED) is 0.420. The largest absolute Gasteiger partial charge is 0.456 e. The lowest BCUT2D eigenvalue weighted by molar-refractivity contribution is -0.147. The molecule has 2 heterocycles. The van der Waals surface area contributed by atoms with Gasteiger partial charge in [0.25, 0.3) is 5.91 Å². The first-order valence-electron chi connectivity index (χ1n) is 9.74. The smallest absolute Gasteiger partial charge is 0.306 e. The topological polar surface area (TPSA) is 104 Å². The summed E-state index contributed by atoms with van der Waals surface area (Å²) >= 11 is 1.61. The van der Waals surface area contributed by atoms with Crippen molar-refractivity contribution in [2.45, 2.75) is 26.2 Å². The van der Waals surface area contributed by atoms with Crippen molar-refractivity contribution in [1.29, 1.82) is 0 Å². The minimum absolute atomic E-state index is 0.0543. The molecule has 3 aromatic rings. The average Bonchev–Trinajstić information content (AvgIpc) is 3.37. The lowest BCUT2D eigenvalue weighted by atomic mass is 10.1. The van der Waals surface area contributed by atoms with Crippen molar-refractivity contribution in [3.05, 3.63) is 47.0 Å². The Hall–Kier alpha value is -3.46. The van der Waals surface area contributed by atoms with E-state index in [1.807, 2.05) is 24.3 Å². The molecular formula is C22H20N2O6S. The number of aromatic nitrogens is 1. The minimum Gasteiger partial charge on any atom is -0.456 e. The van der Waals surface area contributed by atoms with Crippen molar-refractivity contribution >= 4 is 44.9 Å². The highest BCUT2D eigenvalue weighted by Crippen LogP contribution is 2.37. The first kappa shape index (κ1) is 20.8. The molecule has 0 saturated heterocycles. The summed E-state index contributed by atoms with van der Waals surface area (Å²) in [5.41, 5.74) is 1.53. The molecular weight excluding hydrogens is 420 g/mol. The van der Waals surface area contributed by atoms with Crippen LogP contribution in [0.5, 0.6) is 11.5 Å². The molecule has 0 unspecified atom stereocenters. The summed E-state index contributed by atoms with van der Waals surface area (Å²) in [6, 6.07) is 10.9. The van der Waals surface area contributed by atoms with Gasteiger partial charge in [-0.15, -0.1) is 11.3 Å². The molecule has 1 aliphatic heterocycles. The predicted octanol–water partition coefficient (Wildman–Crippen LogP) is 3.73. The summed E-state index contributed by atoms with van der Waals surface area (Å²) in [4.78, 5) is 40.6. The molecule has 2 aromatic carbocycles. The van der Waals surface area contributed by atoms with Crippen LogP contribution in [0.25, 0.3) is 10.2 Å². The van der Waals surface area contributed by atoms with Gasteiger partial charge in [0.05, 0.1) is 20.9 Å². The van der Waals surface area contributed by atoms with E-state index in [0.29, 0.717) is 29.9 Å². The number of thiazole rings is 1. The van der Waals surface area contributed by atoms with Crippen LogP contribution in [0.15, 0.2) is 36.4 Å². The highest BCUT2D eigenvalue weighted by molar-refractivity contribution is 7.18. The number of hydrogen-bond donors (Lipinski definition) is 1. The number of fused-ring (bicyclic) bond motifs is 2. The number of ketones is 1. The first-order chi connectivity index (χ1) is 15.0. The zero-order chi connectivity index (χ0) is 21.8. The third kappa shape index (κ3) is 5.00. The van der Waals surface area contributed by atoms with E-state index in [9.17, 15) is 14.4 Å². The number of benzene rings is 2. The van der Waals surface area contributed by atoms with E-state index in [4.69, 9.17) is 14.2 Å². The van der Waals surface area contributed by atoms with Crippen LogP contribution in [-0.2, 0) is 20.7 Å². The Morgan fingerprint density at radius 1 is 1.16 bits per heavy atom. The number of aryl methyl sites for hydroxylation is 1. The normalized spacial score (nSPS) is 12.0. The SMILES string of the molecule is CC(=O)c1cc2c(cc1NC(=O)COC(=O)CCCc1nc3ccccc3s1)OCO2. The highest BCUT2D eigenvalue weighted by Gasteiger charge is 2.20. The van der Waals surface area contributed by atoms with Gasteiger partial charge in [-0.05, 0) is 38.0 Å². The number of anilines is 1. The van der Waals surface area contributed by atoms with Gasteiger partial charge in [-0.2, -0.15) is 0 Å². The molecule has 8 nitrogen and oxygen atoms in total. The molecule has 1 aromatic heterocycles. The Balaban J connectivity index is 1.25. The molecule has 0 radical (unpaired) electrons. The van der Waals surface area contributed by atoms with Gasteiger partial charge < -0.3 is 19.5 Å². The summed E-state index contributed by atoms with van der Waals surface area (Å²) in [6.45, 7) is 1.00. The van der Waals surface area contributed by atoms with Crippen LogP contribution in [0, 0.1) is 0 Å². The fraction of sp³-hybridized carbons (Fsp3) is 0.273. The number of para-hydroxylation sites is 1. The molecule has 1 amide bonds. The Bertz CT molecular complexity index is 1120. The van der Waals surface area contributed by atoms with Crippen LogP contribution in [0.2, 0.25) is 0 Å². The van der Waals surface area contributed by atoms with Crippen molar-refractivity contribution in [2.24, 2.45) is 0 Å². The summed E-state index contributed by atoms with van der Waals surface area (Å²) < 4.78 is 16.7. The summed E-state index contributed by atoms with van der Waals surface area (Å²) in [5.74, 6) is -0.357. The Labute approximate surface area is 182 Å². The van der Waals surface area contributed by atoms with Crippen LogP contribution >= 0.6 is 11.3 Å². The monoisotopic (exact) mass is 440 g/mol. The van der Waals surface area contributed by atoms with Crippen LogP contribution in [0.3, 0.4) is 0 Å². The number of rotatable bonds is 8. The second kappa shape index (κ2) is 9.13. The number of nitrogens with one attached hydrogen (secondary N) is 1. The zero-order valence-electron chi connectivity index (χ0n) is 16.8. The Morgan fingerprint density at radius 2 is 1.94 bits per heavy atom. The van der Waals surface area contributed by atoms with Crippen molar-refractivity contribution < 1.29 is 28.6 Å².